The van der Waals surface area contributed by atoms with E-state index in [2.05, 4.69) is 22.8 Å². The van der Waals surface area contributed by atoms with Crippen LogP contribution in [0.5, 0.6) is 5.75 Å². The van der Waals surface area contributed by atoms with Gasteiger partial charge in [-0.15, -0.1) is 0 Å². The first kappa shape index (κ1) is 19.0. The van der Waals surface area contributed by atoms with Gasteiger partial charge in [0.05, 0.1) is 6.61 Å². The predicted octanol–water partition coefficient (Wildman–Crippen LogP) is 3.49. The van der Waals surface area contributed by atoms with E-state index >= 15 is 0 Å². The highest BCUT2D eigenvalue weighted by Gasteiger charge is 2.14. The molecule has 0 bridgehead atoms. The summed E-state index contributed by atoms with van der Waals surface area (Å²) in [4.78, 5) is 23.7. The summed E-state index contributed by atoms with van der Waals surface area (Å²) in [7, 11) is 0. The number of carbonyl (C=O) groups is 2. The van der Waals surface area contributed by atoms with E-state index in [0.717, 1.165) is 30.7 Å². The number of hydrazone groups is 1. The van der Waals surface area contributed by atoms with Crippen molar-refractivity contribution in [2.75, 3.05) is 11.9 Å². The molecular formula is C19H27N3O3. The maximum Gasteiger partial charge on any atom is 0.240 e. The van der Waals surface area contributed by atoms with Crippen molar-refractivity contribution in [1.29, 1.82) is 0 Å². The van der Waals surface area contributed by atoms with E-state index < -0.39 is 0 Å². The van der Waals surface area contributed by atoms with Crippen LogP contribution >= 0.6 is 0 Å². The highest BCUT2D eigenvalue weighted by molar-refractivity contribution is 5.93. The predicted molar refractivity (Wildman–Crippen MR) is 98.7 cm³/mol. The Morgan fingerprint density at radius 3 is 2.60 bits per heavy atom. The second-order valence-corrected chi connectivity index (χ2v) is 6.42. The van der Waals surface area contributed by atoms with E-state index in [1.54, 1.807) is 24.3 Å². The van der Waals surface area contributed by atoms with E-state index in [9.17, 15) is 9.59 Å². The van der Waals surface area contributed by atoms with E-state index in [1.807, 2.05) is 6.92 Å². The summed E-state index contributed by atoms with van der Waals surface area (Å²) in [6.07, 6.45) is 4.48. The summed E-state index contributed by atoms with van der Waals surface area (Å²) in [6, 6.07) is 7.15. The topological polar surface area (TPSA) is 79.8 Å². The average Bonchev–Trinajstić information content (AvgIpc) is 2.60. The summed E-state index contributed by atoms with van der Waals surface area (Å²) in [5.41, 5.74) is 4.30. The highest BCUT2D eigenvalue weighted by atomic mass is 16.5. The van der Waals surface area contributed by atoms with Crippen molar-refractivity contribution in [3.05, 3.63) is 24.3 Å². The normalized spacial score (nSPS) is 18.6. The maximum atomic E-state index is 11.9. The van der Waals surface area contributed by atoms with Gasteiger partial charge in [0.1, 0.15) is 5.75 Å². The molecule has 1 aliphatic rings. The Balaban J connectivity index is 1.70. The van der Waals surface area contributed by atoms with Gasteiger partial charge in [-0.25, -0.2) is 5.43 Å². The van der Waals surface area contributed by atoms with Crippen LogP contribution in [-0.4, -0.2) is 24.1 Å². The Morgan fingerprint density at radius 2 is 1.92 bits per heavy atom. The lowest BCUT2D eigenvalue weighted by atomic mass is 9.89. The van der Waals surface area contributed by atoms with Crippen LogP contribution < -0.4 is 15.5 Å². The first-order valence-corrected chi connectivity index (χ1v) is 8.93. The van der Waals surface area contributed by atoms with Crippen molar-refractivity contribution in [2.24, 2.45) is 11.0 Å². The molecule has 1 aromatic carbocycles. The fourth-order valence-corrected chi connectivity index (χ4v) is 2.81. The van der Waals surface area contributed by atoms with E-state index in [0.29, 0.717) is 18.2 Å². The smallest absolute Gasteiger partial charge is 0.240 e. The van der Waals surface area contributed by atoms with Gasteiger partial charge in [0.25, 0.3) is 0 Å². The van der Waals surface area contributed by atoms with Crippen molar-refractivity contribution >= 4 is 23.2 Å². The molecule has 0 saturated heterocycles. The molecule has 2 N–H and O–H groups in total. The molecule has 25 heavy (non-hydrogen) atoms. The molecule has 1 aromatic rings. The molecule has 1 atom stereocenters. The molecule has 0 heterocycles. The largest absolute Gasteiger partial charge is 0.494 e. The Morgan fingerprint density at radius 1 is 1.20 bits per heavy atom. The van der Waals surface area contributed by atoms with Crippen LogP contribution in [0.1, 0.15) is 52.4 Å². The van der Waals surface area contributed by atoms with Crippen LogP contribution in [0.3, 0.4) is 0 Å². The van der Waals surface area contributed by atoms with Crippen molar-refractivity contribution in [1.82, 2.24) is 5.43 Å². The zero-order valence-electron chi connectivity index (χ0n) is 15.0. The van der Waals surface area contributed by atoms with Crippen molar-refractivity contribution in [2.45, 2.75) is 52.4 Å². The molecule has 136 valence electrons. The number of ether oxygens (including phenoxy) is 1. The monoisotopic (exact) mass is 345 g/mol. The number of amides is 2. The number of nitrogens with one attached hydrogen (secondary N) is 2. The van der Waals surface area contributed by atoms with Gasteiger partial charge in [0, 0.05) is 24.2 Å². The number of hydrogen-bond donors (Lipinski definition) is 2. The number of nitrogens with zero attached hydrogens (tertiary/aromatic N) is 1. The fraction of sp³-hybridized carbons (Fsp3) is 0.526. The van der Waals surface area contributed by atoms with Gasteiger partial charge in [0.2, 0.25) is 11.8 Å². The van der Waals surface area contributed by atoms with Crippen molar-refractivity contribution < 1.29 is 14.3 Å². The van der Waals surface area contributed by atoms with Crippen molar-refractivity contribution in [3.8, 4) is 5.75 Å². The molecule has 2 amide bonds. The Kier molecular flexibility index (Phi) is 7.44. The fourth-order valence-electron chi connectivity index (χ4n) is 2.81. The van der Waals surface area contributed by atoms with Gasteiger partial charge in [-0.3, -0.25) is 9.59 Å². The number of anilines is 1. The van der Waals surface area contributed by atoms with Gasteiger partial charge in [0.15, 0.2) is 0 Å². The third kappa shape index (κ3) is 6.95. The van der Waals surface area contributed by atoms with E-state index in [-0.39, 0.29) is 24.7 Å². The molecule has 0 aliphatic heterocycles. The SMILES string of the molecule is CCOc1ccc(NC(=O)CCC(=O)N/N=C2\CCCC(C)C2)cc1. The van der Waals surface area contributed by atoms with Gasteiger partial charge >= 0.3 is 0 Å². The van der Waals surface area contributed by atoms with E-state index in [1.165, 1.54) is 6.42 Å². The molecule has 6 heteroatoms. The lowest BCUT2D eigenvalue weighted by Gasteiger charge is -2.18. The Labute approximate surface area is 149 Å². The van der Waals surface area contributed by atoms with E-state index in [4.69, 9.17) is 4.74 Å². The number of benzene rings is 1. The van der Waals surface area contributed by atoms with Crippen LogP contribution in [0.2, 0.25) is 0 Å². The second kappa shape index (κ2) is 9.81. The lowest BCUT2D eigenvalue weighted by molar-refractivity contribution is -0.124. The van der Waals surface area contributed by atoms with Gasteiger partial charge in [-0.2, -0.15) is 5.10 Å². The zero-order valence-corrected chi connectivity index (χ0v) is 15.0. The number of carbonyl (C=O) groups excluding carboxylic acids is 2. The summed E-state index contributed by atoms with van der Waals surface area (Å²) in [5, 5.41) is 6.96. The maximum absolute atomic E-state index is 11.9. The number of rotatable bonds is 7. The van der Waals surface area contributed by atoms with Gasteiger partial charge < -0.3 is 10.1 Å². The minimum absolute atomic E-state index is 0.120. The summed E-state index contributed by atoms with van der Waals surface area (Å²) in [6.45, 7) is 4.71. The average molecular weight is 345 g/mol. The first-order valence-electron chi connectivity index (χ1n) is 8.93. The van der Waals surface area contributed by atoms with Crippen LogP contribution in [0.15, 0.2) is 29.4 Å². The molecule has 0 radical (unpaired) electrons. The van der Waals surface area contributed by atoms with Crippen LogP contribution in [0, 0.1) is 5.92 Å². The molecule has 2 rings (SSSR count). The second-order valence-electron chi connectivity index (χ2n) is 6.42. The molecule has 1 unspecified atom stereocenters. The third-order valence-electron chi connectivity index (χ3n) is 4.11. The standard InChI is InChI=1S/C19H27N3O3/c1-3-25-17-9-7-15(8-10-17)20-18(23)11-12-19(24)22-21-16-6-4-5-14(2)13-16/h7-10,14H,3-6,11-13H2,1-2H3,(H,20,23)(H,22,24)/b21-16+. The summed E-state index contributed by atoms with van der Waals surface area (Å²) >= 11 is 0. The van der Waals surface area contributed by atoms with Crippen molar-refractivity contribution in [3.63, 3.8) is 0 Å². The molecular weight excluding hydrogens is 318 g/mol. The molecule has 0 spiro atoms. The Bertz CT molecular complexity index is 611. The third-order valence-corrected chi connectivity index (χ3v) is 4.11. The van der Waals surface area contributed by atoms with Crippen LogP contribution in [0.25, 0.3) is 0 Å². The minimum atomic E-state index is -0.229. The first-order chi connectivity index (χ1) is 12.1. The van der Waals surface area contributed by atoms with Crippen LogP contribution in [-0.2, 0) is 9.59 Å². The molecule has 1 aliphatic carbocycles. The molecule has 0 aromatic heterocycles. The summed E-state index contributed by atoms with van der Waals surface area (Å²) in [5.74, 6) is 0.964. The lowest BCUT2D eigenvalue weighted by Crippen LogP contribution is -2.23. The molecule has 1 saturated carbocycles. The highest BCUT2D eigenvalue weighted by Crippen LogP contribution is 2.21. The quantitative estimate of drug-likeness (QED) is 0.742. The zero-order chi connectivity index (χ0) is 18.1. The molecule has 1 fully saturated rings. The minimum Gasteiger partial charge on any atom is -0.494 e. The van der Waals surface area contributed by atoms with Gasteiger partial charge in [-0.1, -0.05) is 6.92 Å². The van der Waals surface area contributed by atoms with Gasteiger partial charge in [-0.05, 0) is 62.8 Å². The Hall–Kier alpha value is -2.37. The number of hydrogen-bond acceptors (Lipinski definition) is 4. The van der Waals surface area contributed by atoms with Crippen LogP contribution in [0.4, 0.5) is 5.69 Å². The summed E-state index contributed by atoms with van der Waals surface area (Å²) < 4.78 is 5.35. The molecule has 6 nitrogen and oxygen atoms in total.